The average Bonchev–Trinajstić information content (AvgIpc) is 2.26. The second-order valence-corrected chi connectivity index (χ2v) is 3.78. The molecule has 0 fully saturated rings. The van der Waals surface area contributed by atoms with E-state index in [0.29, 0.717) is 13.0 Å². The molecule has 0 saturated heterocycles. The van der Waals surface area contributed by atoms with Gasteiger partial charge in [-0.3, -0.25) is 4.79 Å². The van der Waals surface area contributed by atoms with Crippen molar-refractivity contribution in [2.45, 2.75) is 32.4 Å². The Kier molecular flexibility index (Phi) is 7.34. The third kappa shape index (κ3) is 5.56. The zero-order chi connectivity index (χ0) is 12.0. The molecule has 1 amide bonds. The average molecular weight is 259 g/mol. The molecule has 0 heterocycles. The lowest BCUT2D eigenvalue weighted by molar-refractivity contribution is -0.122. The minimum Gasteiger partial charge on any atom is -0.508 e. The van der Waals surface area contributed by atoms with Crippen LogP contribution in [0.5, 0.6) is 5.75 Å². The van der Waals surface area contributed by atoms with Crippen molar-refractivity contribution in [3.05, 3.63) is 29.8 Å². The van der Waals surface area contributed by atoms with E-state index < -0.39 is 6.04 Å². The van der Waals surface area contributed by atoms with Gasteiger partial charge in [0, 0.05) is 6.54 Å². The Morgan fingerprint density at radius 1 is 1.53 bits per heavy atom. The van der Waals surface area contributed by atoms with Gasteiger partial charge in [0.25, 0.3) is 0 Å². The number of nitrogens with one attached hydrogen (secondary N) is 1. The van der Waals surface area contributed by atoms with E-state index in [1.165, 1.54) is 0 Å². The zero-order valence-electron chi connectivity index (χ0n) is 9.85. The number of phenols is 1. The van der Waals surface area contributed by atoms with Crippen LogP contribution < -0.4 is 11.1 Å². The van der Waals surface area contributed by atoms with Crippen LogP contribution in [-0.2, 0) is 11.3 Å². The molecule has 4 nitrogen and oxygen atoms in total. The van der Waals surface area contributed by atoms with Crippen LogP contribution in [0.15, 0.2) is 24.3 Å². The second-order valence-electron chi connectivity index (χ2n) is 3.78. The first-order chi connectivity index (χ1) is 7.63. The van der Waals surface area contributed by atoms with Crippen LogP contribution >= 0.6 is 12.4 Å². The van der Waals surface area contributed by atoms with Crippen LogP contribution in [0.1, 0.15) is 25.3 Å². The highest BCUT2D eigenvalue weighted by atomic mass is 35.5. The quantitative estimate of drug-likeness (QED) is 0.750. The van der Waals surface area contributed by atoms with Gasteiger partial charge in [0.2, 0.25) is 5.91 Å². The molecule has 1 atom stereocenters. The first-order valence-corrected chi connectivity index (χ1v) is 5.44. The number of aromatic hydroxyl groups is 1. The third-order valence-corrected chi connectivity index (χ3v) is 2.31. The Morgan fingerprint density at radius 3 is 2.82 bits per heavy atom. The van der Waals surface area contributed by atoms with Gasteiger partial charge in [0.05, 0.1) is 6.04 Å². The summed E-state index contributed by atoms with van der Waals surface area (Å²) in [5.74, 6) is 0.0507. The number of phenolic OH excluding ortho intramolecular Hbond substituents is 1. The molecule has 0 aliphatic rings. The van der Waals surface area contributed by atoms with Gasteiger partial charge in [-0.25, -0.2) is 0 Å². The summed E-state index contributed by atoms with van der Waals surface area (Å²) in [5.41, 5.74) is 6.52. The summed E-state index contributed by atoms with van der Waals surface area (Å²) in [4.78, 5) is 11.5. The van der Waals surface area contributed by atoms with Crippen molar-refractivity contribution in [1.29, 1.82) is 0 Å². The van der Waals surface area contributed by atoms with Crippen molar-refractivity contribution >= 4 is 18.3 Å². The number of nitrogens with two attached hydrogens (primary N) is 1. The predicted octanol–water partition coefficient (Wildman–Crippen LogP) is 1.56. The van der Waals surface area contributed by atoms with E-state index in [4.69, 9.17) is 5.73 Å². The number of amides is 1. The van der Waals surface area contributed by atoms with Crippen LogP contribution in [0.3, 0.4) is 0 Å². The fraction of sp³-hybridized carbons (Fsp3) is 0.417. The van der Waals surface area contributed by atoms with Crippen LogP contribution in [0, 0.1) is 0 Å². The summed E-state index contributed by atoms with van der Waals surface area (Å²) in [6, 6.07) is 6.34. The molecule has 1 aromatic rings. The lowest BCUT2D eigenvalue weighted by Gasteiger charge is -2.11. The highest BCUT2D eigenvalue weighted by molar-refractivity contribution is 5.85. The molecule has 1 rings (SSSR count). The summed E-state index contributed by atoms with van der Waals surface area (Å²) >= 11 is 0. The minimum absolute atomic E-state index is 0. The monoisotopic (exact) mass is 258 g/mol. The van der Waals surface area contributed by atoms with Gasteiger partial charge in [-0.1, -0.05) is 25.5 Å². The highest BCUT2D eigenvalue weighted by Gasteiger charge is 2.11. The number of halogens is 1. The Labute approximate surface area is 108 Å². The summed E-state index contributed by atoms with van der Waals surface area (Å²) in [6.45, 7) is 2.38. The van der Waals surface area contributed by atoms with E-state index in [0.717, 1.165) is 12.0 Å². The topological polar surface area (TPSA) is 75.4 Å². The Bertz CT molecular complexity index is 358. The van der Waals surface area contributed by atoms with Gasteiger partial charge < -0.3 is 16.2 Å². The van der Waals surface area contributed by atoms with Crippen molar-refractivity contribution in [2.75, 3.05) is 0 Å². The van der Waals surface area contributed by atoms with E-state index in [1.807, 2.05) is 13.0 Å². The lowest BCUT2D eigenvalue weighted by Crippen LogP contribution is -2.40. The summed E-state index contributed by atoms with van der Waals surface area (Å²) in [5, 5.41) is 12.0. The van der Waals surface area contributed by atoms with Gasteiger partial charge in [-0.05, 0) is 24.1 Å². The molecule has 0 aliphatic heterocycles. The molecule has 0 radical (unpaired) electrons. The largest absolute Gasteiger partial charge is 0.508 e. The molecule has 5 heteroatoms. The van der Waals surface area contributed by atoms with Crippen molar-refractivity contribution in [3.63, 3.8) is 0 Å². The van der Waals surface area contributed by atoms with Gasteiger partial charge in [-0.15, -0.1) is 12.4 Å². The molecule has 17 heavy (non-hydrogen) atoms. The van der Waals surface area contributed by atoms with Gasteiger partial charge >= 0.3 is 0 Å². The summed E-state index contributed by atoms with van der Waals surface area (Å²) in [7, 11) is 0. The number of carbonyl (C=O) groups excluding carboxylic acids is 1. The van der Waals surface area contributed by atoms with Crippen molar-refractivity contribution in [1.82, 2.24) is 5.32 Å². The third-order valence-electron chi connectivity index (χ3n) is 2.31. The Balaban J connectivity index is 0.00000256. The number of hydrogen-bond acceptors (Lipinski definition) is 3. The standard InChI is InChI=1S/C12H18N2O2.ClH/c1-2-4-11(13)12(16)14-8-9-5-3-6-10(15)7-9;/h3,5-7,11,15H,2,4,8,13H2,1H3,(H,14,16);1H. The van der Waals surface area contributed by atoms with Gasteiger partial charge in [0.1, 0.15) is 5.75 Å². The first-order valence-electron chi connectivity index (χ1n) is 5.44. The van der Waals surface area contributed by atoms with Crippen LogP contribution in [0.2, 0.25) is 0 Å². The van der Waals surface area contributed by atoms with E-state index in [9.17, 15) is 9.90 Å². The van der Waals surface area contributed by atoms with Crippen molar-refractivity contribution in [3.8, 4) is 5.75 Å². The zero-order valence-corrected chi connectivity index (χ0v) is 10.7. The maximum atomic E-state index is 11.5. The molecular weight excluding hydrogens is 240 g/mol. The smallest absolute Gasteiger partial charge is 0.237 e. The number of benzene rings is 1. The second kappa shape index (κ2) is 7.92. The van der Waals surface area contributed by atoms with E-state index in [2.05, 4.69) is 5.32 Å². The van der Waals surface area contributed by atoms with Crippen LogP contribution in [0.25, 0.3) is 0 Å². The van der Waals surface area contributed by atoms with Crippen molar-refractivity contribution < 1.29 is 9.90 Å². The molecule has 4 N–H and O–H groups in total. The normalized spacial score (nSPS) is 11.4. The van der Waals surface area contributed by atoms with Gasteiger partial charge in [0.15, 0.2) is 0 Å². The number of rotatable bonds is 5. The maximum Gasteiger partial charge on any atom is 0.237 e. The Morgan fingerprint density at radius 2 is 2.24 bits per heavy atom. The van der Waals surface area contributed by atoms with E-state index >= 15 is 0 Å². The SMILES string of the molecule is CCCC(N)C(=O)NCc1cccc(O)c1.Cl. The summed E-state index contributed by atoms with van der Waals surface area (Å²) in [6.07, 6.45) is 1.58. The highest BCUT2D eigenvalue weighted by Crippen LogP contribution is 2.10. The molecular formula is C12H19ClN2O2. The molecule has 0 aromatic heterocycles. The van der Waals surface area contributed by atoms with Crippen LogP contribution in [-0.4, -0.2) is 17.1 Å². The fourth-order valence-electron chi connectivity index (χ4n) is 1.43. The molecule has 0 aliphatic carbocycles. The van der Waals surface area contributed by atoms with E-state index in [-0.39, 0.29) is 24.1 Å². The molecule has 1 aromatic carbocycles. The number of hydrogen-bond donors (Lipinski definition) is 3. The Hall–Kier alpha value is -1.26. The summed E-state index contributed by atoms with van der Waals surface area (Å²) < 4.78 is 0. The molecule has 0 bridgehead atoms. The predicted molar refractivity (Wildman–Crippen MR) is 70.1 cm³/mol. The first kappa shape index (κ1) is 15.7. The fourth-order valence-corrected chi connectivity index (χ4v) is 1.43. The minimum atomic E-state index is -0.442. The molecule has 96 valence electrons. The number of carbonyl (C=O) groups is 1. The molecule has 0 spiro atoms. The van der Waals surface area contributed by atoms with E-state index in [1.54, 1.807) is 18.2 Å². The van der Waals surface area contributed by atoms with Crippen LogP contribution in [0.4, 0.5) is 0 Å². The molecule has 1 unspecified atom stereocenters. The molecule has 0 saturated carbocycles. The maximum absolute atomic E-state index is 11.5. The van der Waals surface area contributed by atoms with Gasteiger partial charge in [-0.2, -0.15) is 0 Å². The lowest BCUT2D eigenvalue weighted by atomic mass is 10.1. The van der Waals surface area contributed by atoms with Crippen molar-refractivity contribution in [2.24, 2.45) is 5.73 Å².